The number of anilines is 2. The zero-order valence-electron chi connectivity index (χ0n) is 22.0. The first-order valence-electron chi connectivity index (χ1n) is 12.7. The first kappa shape index (κ1) is 27.9. The maximum absolute atomic E-state index is 13.6. The SMILES string of the molecule is CC(=O)Nc1ccc(-c2cn(-c3cccc(C(=O)Nc4cc(CN5CCOCC5)cc(C(F)(F)F)c4)c3)nn2)cn1. The zero-order valence-corrected chi connectivity index (χ0v) is 22.0. The van der Waals surface area contributed by atoms with Crippen molar-refractivity contribution in [1.82, 2.24) is 24.9 Å². The molecule has 4 aromatic rings. The molecule has 0 saturated carbocycles. The highest BCUT2D eigenvalue weighted by Crippen LogP contribution is 2.32. The molecule has 2 aromatic heterocycles. The Bertz CT molecular complexity index is 1550. The predicted molar refractivity (Wildman–Crippen MR) is 144 cm³/mol. The fourth-order valence-corrected chi connectivity index (χ4v) is 4.35. The van der Waals surface area contributed by atoms with Crippen molar-refractivity contribution in [1.29, 1.82) is 0 Å². The number of nitrogens with one attached hydrogen (secondary N) is 2. The Morgan fingerprint density at radius 3 is 2.54 bits per heavy atom. The summed E-state index contributed by atoms with van der Waals surface area (Å²) in [6.07, 6.45) is -1.37. The summed E-state index contributed by atoms with van der Waals surface area (Å²) in [6, 6.07) is 13.5. The van der Waals surface area contributed by atoms with Crippen molar-refractivity contribution < 1.29 is 27.5 Å². The third kappa shape index (κ3) is 7.13. The van der Waals surface area contributed by atoms with Gasteiger partial charge in [0.2, 0.25) is 5.91 Å². The lowest BCUT2D eigenvalue weighted by atomic mass is 10.1. The minimum absolute atomic E-state index is 0.0525. The summed E-state index contributed by atoms with van der Waals surface area (Å²) < 4.78 is 47.7. The molecule has 0 bridgehead atoms. The van der Waals surface area contributed by atoms with Crippen LogP contribution in [0.5, 0.6) is 0 Å². The van der Waals surface area contributed by atoms with E-state index in [1.807, 2.05) is 4.90 Å². The van der Waals surface area contributed by atoms with Gasteiger partial charge in [-0.05, 0) is 54.1 Å². The van der Waals surface area contributed by atoms with E-state index in [1.54, 1.807) is 54.9 Å². The van der Waals surface area contributed by atoms with Gasteiger partial charge < -0.3 is 15.4 Å². The third-order valence-corrected chi connectivity index (χ3v) is 6.32. The Kier molecular flexibility index (Phi) is 8.08. The monoisotopic (exact) mass is 565 g/mol. The summed E-state index contributed by atoms with van der Waals surface area (Å²) in [5.41, 5.74) is 1.60. The molecule has 10 nitrogen and oxygen atoms in total. The van der Waals surface area contributed by atoms with E-state index in [1.165, 1.54) is 11.6 Å². The number of halogens is 3. The average molecular weight is 566 g/mol. The summed E-state index contributed by atoms with van der Waals surface area (Å²) in [6.45, 7) is 3.98. The van der Waals surface area contributed by atoms with Gasteiger partial charge in [-0.15, -0.1) is 5.10 Å². The maximum atomic E-state index is 13.6. The Hall–Kier alpha value is -4.62. The number of carbonyl (C=O) groups excluding carboxylic acids is 2. The van der Waals surface area contributed by atoms with Gasteiger partial charge in [0.25, 0.3) is 5.91 Å². The van der Waals surface area contributed by atoms with Gasteiger partial charge in [-0.1, -0.05) is 11.3 Å². The number of pyridine rings is 1. The normalized spacial score (nSPS) is 14.0. The second-order valence-electron chi connectivity index (χ2n) is 9.47. The van der Waals surface area contributed by atoms with Crippen LogP contribution in [0.15, 0.2) is 67.0 Å². The van der Waals surface area contributed by atoms with Crippen LogP contribution >= 0.6 is 0 Å². The lowest BCUT2D eigenvalue weighted by Crippen LogP contribution is -2.35. The molecular formula is C28H26F3N7O3. The quantitative estimate of drug-likeness (QED) is 0.342. The fourth-order valence-electron chi connectivity index (χ4n) is 4.35. The largest absolute Gasteiger partial charge is 0.416 e. The zero-order chi connectivity index (χ0) is 29.0. The van der Waals surface area contributed by atoms with Crippen LogP contribution in [0.2, 0.25) is 0 Å². The fraction of sp³-hybridized carbons (Fsp3) is 0.250. The van der Waals surface area contributed by atoms with Crippen molar-refractivity contribution in [2.45, 2.75) is 19.6 Å². The van der Waals surface area contributed by atoms with Crippen molar-refractivity contribution in [3.63, 3.8) is 0 Å². The Labute approximate surface area is 233 Å². The number of morpholine rings is 1. The van der Waals surface area contributed by atoms with Crippen LogP contribution in [-0.2, 0) is 22.3 Å². The Morgan fingerprint density at radius 2 is 1.83 bits per heavy atom. The average Bonchev–Trinajstić information content (AvgIpc) is 3.44. The highest BCUT2D eigenvalue weighted by atomic mass is 19.4. The lowest BCUT2D eigenvalue weighted by Gasteiger charge is -2.27. The van der Waals surface area contributed by atoms with Gasteiger partial charge in [0.1, 0.15) is 11.5 Å². The van der Waals surface area contributed by atoms with Gasteiger partial charge in [0, 0.05) is 49.6 Å². The molecule has 0 aliphatic carbocycles. The van der Waals surface area contributed by atoms with Gasteiger partial charge in [-0.3, -0.25) is 14.5 Å². The molecule has 212 valence electrons. The number of alkyl halides is 3. The number of rotatable bonds is 7. The van der Waals surface area contributed by atoms with Gasteiger partial charge in [-0.2, -0.15) is 13.2 Å². The van der Waals surface area contributed by atoms with E-state index in [9.17, 15) is 22.8 Å². The number of carbonyl (C=O) groups is 2. The highest BCUT2D eigenvalue weighted by Gasteiger charge is 2.31. The number of amides is 2. The van der Waals surface area contributed by atoms with Crippen LogP contribution in [0.4, 0.5) is 24.7 Å². The summed E-state index contributed by atoms with van der Waals surface area (Å²) in [5.74, 6) is -0.399. The summed E-state index contributed by atoms with van der Waals surface area (Å²) >= 11 is 0. The predicted octanol–water partition coefficient (Wildman–Crippen LogP) is 4.39. The smallest absolute Gasteiger partial charge is 0.379 e. The summed E-state index contributed by atoms with van der Waals surface area (Å²) in [4.78, 5) is 30.5. The molecule has 1 aliphatic rings. The van der Waals surface area contributed by atoms with Crippen LogP contribution in [0.3, 0.4) is 0 Å². The first-order chi connectivity index (χ1) is 19.6. The van der Waals surface area contributed by atoms with E-state index in [0.717, 1.165) is 12.1 Å². The van der Waals surface area contributed by atoms with Crippen molar-refractivity contribution in [3.8, 4) is 16.9 Å². The van der Waals surface area contributed by atoms with E-state index in [2.05, 4.69) is 25.9 Å². The Morgan fingerprint density at radius 1 is 1.02 bits per heavy atom. The van der Waals surface area contributed by atoms with Crippen molar-refractivity contribution in [2.24, 2.45) is 0 Å². The molecule has 3 heterocycles. The van der Waals surface area contributed by atoms with Crippen LogP contribution in [0.25, 0.3) is 16.9 Å². The highest BCUT2D eigenvalue weighted by molar-refractivity contribution is 6.04. The van der Waals surface area contributed by atoms with Crippen LogP contribution in [0, 0.1) is 0 Å². The van der Waals surface area contributed by atoms with E-state index in [0.29, 0.717) is 61.2 Å². The van der Waals surface area contributed by atoms with Gasteiger partial charge in [-0.25, -0.2) is 9.67 Å². The van der Waals surface area contributed by atoms with Crippen molar-refractivity contribution in [3.05, 3.63) is 83.7 Å². The molecule has 5 rings (SSSR count). The standard InChI is InChI=1S/C28H26F3N7O3/c1-18(39)33-26-6-5-21(15-32-26)25-17-38(36-35-25)24-4-2-3-20(13-24)27(40)34-23-12-19(11-22(14-23)28(29,30)31)16-37-7-9-41-10-8-37/h2-6,11-15,17H,7-10,16H2,1H3,(H,34,40)(H,32,33,39). The van der Waals surface area contributed by atoms with Crippen molar-refractivity contribution >= 4 is 23.3 Å². The van der Waals surface area contributed by atoms with E-state index in [-0.39, 0.29) is 17.2 Å². The second kappa shape index (κ2) is 11.9. The minimum atomic E-state index is -4.56. The molecule has 0 radical (unpaired) electrons. The number of hydrogen-bond donors (Lipinski definition) is 2. The van der Waals surface area contributed by atoms with Gasteiger partial charge >= 0.3 is 6.18 Å². The molecule has 2 amide bonds. The molecule has 2 N–H and O–H groups in total. The van der Waals surface area contributed by atoms with Gasteiger partial charge in [0.15, 0.2) is 0 Å². The van der Waals surface area contributed by atoms with Gasteiger partial charge in [0.05, 0.1) is 30.7 Å². The molecule has 1 aliphatic heterocycles. The molecular weight excluding hydrogens is 539 g/mol. The molecule has 41 heavy (non-hydrogen) atoms. The van der Waals surface area contributed by atoms with E-state index < -0.39 is 17.6 Å². The van der Waals surface area contributed by atoms with Crippen LogP contribution < -0.4 is 10.6 Å². The molecule has 1 fully saturated rings. The minimum Gasteiger partial charge on any atom is -0.379 e. The lowest BCUT2D eigenvalue weighted by molar-refractivity contribution is -0.137. The van der Waals surface area contributed by atoms with E-state index >= 15 is 0 Å². The van der Waals surface area contributed by atoms with Crippen LogP contribution in [0.1, 0.15) is 28.4 Å². The molecule has 2 aromatic carbocycles. The van der Waals surface area contributed by atoms with Crippen LogP contribution in [-0.4, -0.2) is 63.0 Å². The number of aromatic nitrogens is 4. The summed E-state index contributed by atoms with van der Waals surface area (Å²) in [5, 5.41) is 13.5. The topological polar surface area (TPSA) is 114 Å². The molecule has 0 unspecified atom stereocenters. The maximum Gasteiger partial charge on any atom is 0.416 e. The number of nitrogens with zero attached hydrogens (tertiary/aromatic N) is 5. The molecule has 0 spiro atoms. The summed E-state index contributed by atoms with van der Waals surface area (Å²) in [7, 11) is 0. The first-order valence-corrected chi connectivity index (χ1v) is 12.7. The number of benzene rings is 2. The number of hydrogen-bond acceptors (Lipinski definition) is 7. The molecule has 1 saturated heterocycles. The molecule has 0 atom stereocenters. The second-order valence-corrected chi connectivity index (χ2v) is 9.47. The van der Waals surface area contributed by atoms with Crippen molar-refractivity contribution in [2.75, 3.05) is 36.9 Å². The Balaban J connectivity index is 1.33. The van der Waals surface area contributed by atoms with E-state index in [4.69, 9.17) is 4.74 Å². The molecule has 13 heteroatoms. The number of ether oxygens (including phenoxy) is 1. The third-order valence-electron chi connectivity index (χ3n) is 6.32.